The molecule has 3 heteroatoms. The van der Waals surface area contributed by atoms with E-state index in [9.17, 15) is 0 Å². The van der Waals surface area contributed by atoms with Crippen molar-refractivity contribution in [2.24, 2.45) is 11.8 Å². The number of ether oxygens (including phenoxy) is 2. The van der Waals surface area contributed by atoms with Gasteiger partial charge >= 0.3 is 0 Å². The lowest BCUT2D eigenvalue weighted by molar-refractivity contribution is -0.257. The van der Waals surface area contributed by atoms with Crippen molar-refractivity contribution < 1.29 is 9.47 Å². The van der Waals surface area contributed by atoms with E-state index in [0.29, 0.717) is 23.9 Å². The van der Waals surface area contributed by atoms with E-state index in [1.54, 1.807) is 0 Å². The molecular formula is C25H39ClO2. The summed E-state index contributed by atoms with van der Waals surface area (Å²) in [5.41, 5.74) is 1.43. The maximum Gasteiger partial charge on any atom is 0.160 e. The second kappa shape index (κ2) is 11.6. The van der Waals surface area contributed by atoms with E-state index in [1.807, 2.05) is 12.1 Å². The monoisotopic (exact) mass is 406 g/mol. The van der Waals surface area contributed by atoms with Crippen LogP contribution in [0.3, 0.4) is 0 Å². The molecule has 0 unspecified atom stereocenters. The SMILES string of the molecule is CCCCCCCC[C@H]1CO[C@H]([C@H]2CC[C@H](c3ccc(Cl)cc3)CC2)O[C@@H]1C. The Morgan fingerprint density at radius 2 is 1.61 bits per heavy atom. The lowest BCUT2D eigenvalue weighted by atomic mass is 9.78. The van der Waals surface area contributed by atoms with E-state index in [2.05, 4.69) is 26.0 Å². The van der Waals surface area contributed by atoms with Gasteiger partial charge in [0.1, 0.15) is 0 Å². The first-order valence-corrected chi connectivity index (χ1v) is 12.1. The number of halogens is 1. The number of rotatable bonds is 9. The fraction of sp³-hybridized carbons (Fsp3) is 0.760. The molecule has 1 aliphatic carbocycles. The van der Waals surface area contributed by atoms with Crippen LogP contribution in [0.25, 0.3) is 0 Å². The van der Waals surface area contributed by atoms with Gasteiger partial charge in [0.25, 0.3) is 0 Å². The minimum atomic E-state index is 0.0157. The number of unbranched alkanes of at least 4 members (excludes halogenated alkanes) is 5. The van der Waals surface area contributed by atoms with Gasteiger partial charge in [0.05, 0.1) is 12.7 Å². The normalized spacial score (nSPS) is 31.0. The van der Waals surface area contributed by atoms with Crippen LogP contribution in [-0.4, -0.2) is 19.0 Å². The molecule has 2 nitrogen and oxygen atoms in total. The van der Waals surface area contributed by atoms with E-state index in [0.717, 1.165) is 11.6 Å². The lowest BCUT2D eigenvalue weighted by Crippen LogP contribution is -2.42. The van der Waals surface area contributed by atoms with Crippen molar-refractivity contribution in [3.05, 3.63) is 34.9 Å². The van der Waals surface area contributed by atoms with Crippen LogP contribution in [0.1, 0.15) is 96.0 Å². The first-order chi connectivity index (χ1) is 13.7. The molecule has 1 aromatic carbocycles. The van der Waals surface area contributed by atoms with Gasteiger partial charge in [-0.2, -0.15) is 0 Å². The third kappa shape index (κ3) is 6.47. The first kappa shape index (κ1) is 22.1. The Balaban J connectivity index is 1.36. The quantitative estimate of drug-likeness (QED) is 0.390. The van der Waals surface area contributed by atoms with Gasteiger partial charge in [-0.3, -0.25) is 0 Å². The summed E-state index contributed by atoms with van der Waals surface area (Å²) < 4.78 is 12.6. The standard InChI is InChI=1S/C25H39ClO2/c1-3-4-5-6-7-8-9-23-18-27-25(28-19(23)2)22-12-10-20(11-13-22)21-14-16-24(26)17-15-21/h14-17,19-20,22-23,25H,3-13,18H2,1-2H3/t19-,20-,22-,23+,25+/m1/s1. The summed E-state index contributed by atoms with van der Waals surface area (Å²) >= 11 is 6.03. The van der Waals surface area contributed by atoms with Gasteiger partial charge in [-0.25, -0.2) is 0 Å². The summed E-state index contributed by atoms with van der Waals surface area (Å²) in [5.74, 6) is 1.80. The van der Waals surface area contributed by atoms with Gasteiger partial charge in [0, 0.05) is 16.9 Å². The zero-order valence-electron chi connectivity index (χ0n) is 17.9. The van der Waals surface area contributed by atoms with Gasteiger partial charge in [-0.05, 0) is 62.6 Å². The molecule has 1 aromatic rings. The average Bonchev–Trinajstić information content (AvgIpc) is 2.72. The van der Waals surface area contributed by atoms with Crippen molar-refractivity contribution in [3.8, 4) is 0 Å². The molecule has 1 saturated heterocycles. The highest BCUT2D eigenvalue weighted by Gasteiger charge is 2.35. The summed E-state index contributed by atoms with van der Waals surface area (Å²) in [6.07, 6.45) is 14.6. The zero-order chi connectivity index (χ0) is 19.8. The highest BCUT2D eigenvalue weighted by Crippen LogP contribution is 2.40. The van der Waals surface area contributed by atoms with Crippen molar-refractivity contribution in [3.63, 3.8) is 0 Å². The minimum Gasteiger partial charge on any atom is -0.352 e. The highest BCUT2D eigenvalue weighted by atomic mass is 35.5. The topological polar surface area (TPSA) is 18.5 Å². The van der Waals surface area contributed by atoms with Gasteiger partial charge in [-0.15, -0.1) is 0 Å². The summed E-state index contributed by atoms with van der Waals surface area (Å²) in [7, 11) is 0. The molecule has 28 heavy (non-hydrogen) atoms. The molecular weight excluding hydrogens is 368 g/mol. The molecule has 0 N–H and O–H groups in total. The summed E-state index contributed by atoms with van der Waals surface area (Å²) in [5, 5.41) is 0.825. The van der Waals surface area contributed by atoms with E-state index >= 15 is 0 Å². The van der Waals surface area contributed by atoms with Crippen molar-refractivity contribution in [1.29, 1.82) is 0 Å². The highest BCUT2D eigenvalue weighted by molar-refractivity contribution is 6.30. The molecule has 3 rings (SSSR count). The van der Waals surface area contributed by atoms with Crippen LogP contribution in [0.4, 0.5) is 0 Å². The van der Waals surface area contributed by atoms with Gasteiger partial charge < -0.3 is 9.47 Å². The van der Waals surface area contributed by atoms with E-state index in [4.69, 9.17) is 21.1 Å². The van der Waals surface area contributed by atoms with E-state index in [-0.39, 0.29) is 6.29 Å². The summed E-state index contributed by atoms with van der Waals surface area (Å²) in [4.78, 5) is 0. The molecule has 0 radical (unpaired) electrons. The number of hydrogen-bond acceptors (Lipinski definition) is 2. The lowest BCUT2D eigenvalue weighted by Gasteiger charge is -2.40. The number of hydrogen-bond donors (Lipinski definition) is 0. The van der Waals surface area contributed by atoms with Crippen LogP contribution in [0.5, 0.6) is 0 Å². The fourth-order valence-electron chi connectivity index (χ4n) is 4.93. The predicted octanol–water partition coefficient (Wildman–Crippen LogP) is 7.74. The Labute approximate surface area is 177 Å². The second-order valence-corrected chi connectivity index (χ2v) is 9.46. The Kier molecular flexibility index (Phi) is 9.14. The molecule has 2 fully saturated rings. The van der Waals surface area contributed by atoms with Crippen molar-refractivity contribution in [2.45, 2.75) is 103 Å². The molecule has 1 heterocycles. The zero-order valence-corrected chi connectivity index (χ0v) is 18.6. The molecule has 1 saturated carbocycles. The van der Waals surface area contributed by atoms with Gasteiger partial charge in [0.15, 0.2) is 6.29 Å². The van der Waals surface area contributed by atoms with Gasteiger partial charge in [-0.1, -0.05) is 69.2 Å². The largest absolute Gasteiger partial charge is 0.352 e. The number of benzene rings is 1. The first-order valence-electron chi connectivity index (χ1n) is 11.7. The summed E-state index contributed by atoms with van der Waals surface area (Å²) in [6.45, 7) is 5.42. The Morgan fingerprint density at radius 3 is 2.29 bits per heavy atom. The Morgan fingerprint density at radius 1 is 0.929 bits per heavy atom. The van der Waals surface area contributed by atoms with E-state index in [1.165, 1.54) is 76.2 Å². The third-order valence-corrected chi connectivity index (χ3v) is 7.17. The van der Waals surface area contributed by atoms with Crippen molar-refractivity contribution in [1.82, 2.24) is 0 Å². The van der Waals surface area contributed by atoms with Crippen LogP contribution in [0, 0.1) is 11.8 Å². The van der Waals surface area contributed by atoms with Crippen LogP contribution < -0.4 is 0 Å². The van der Waals surface area contributed by atoms with Crippen LogP contribution >= 0.6 is 11.6 Å². The van der Waals surface area contributed by atoms with Crippen LogP contribution in [0.15, 0.2) is 24.3 Å². The smallest absolute Gasteiger partial charge is 0.160 e. The van der Waals surface area contributed by atoms with Crippen LogP contribution in [-0.2, 0) is 9.47 Å². The molecule has 0 amide bonds. The minimum absolute atomic E-state index is 0.0157. The summed E-state index contributed by atoms with van der Waals surface area (Å²) in [6, 6.07) is 8.41. The molecule has 3 atom stereocenters. The Bertz CT molecular complexity index is 550. The molecule has 158 valence electrons. The van der Waals surface area contributed by atoms with E-state index < -0.39 is 0 Å². The average molecular weight is 407 g/mol. The molecule has 0 aromatic heterocycles. The molecule has 2 aliphatic rings. The molecule has 0 spiro atoms. The maximum atomic E-state index is 6.35. The maximum absolute atomic E-state index is 6.35. The molecule has 1 aliphatic heterocycles. The third-order valence-electron chi connectivity index (χ3n) is 6.91. The van der Waals surface area contributed by atoms with Crippen LogP contribution in [0.2, 0.25) is 5.02 Å². The second-order valence-electron chi connectivity index (χ2n) is 9.02. The molecule has 0 bridgehead atoms. The fourth-order valence-corrected chi connectivity index (χ4v) is 5.05. The Hall–Kier alpha value is -0.570. The van der Waals surface area contributed by atoms with Crippen molar-refractivity contribution >= 4 is 11.6 Å². The van der Waals surface area contributed by atoms with Gasteiger partial charge in [0.2, 0.25) is 0 Å². The predicted molar refractivity (Wildman–Crippen MR) is 118 cm³/mol. The van der Waals surface area contributed by atoms with Crippen molar-refractivity contribution in [2.75, 3.05) is 6.61 Å².